The molecule has 0 bridgehead atoms. The second-order valence-corrected chi connectivity index (χ2v) is 5.20. The Bertz CT molecular complexity index is 391. The molecule has 0 amide bonds. The van der Waals surface area contributed by atoms with Crippen LogP contribution in [0.2, 0.25) is 0 Å². The third kappa shape index (κ3) is 2.99. The predicted octanol–water partition coefficient (Wildman–Crippen LogP) is 3.28. The Morgan fingerprint density at radius 2 is 2.29 bits per heavy atom. The van der Waals surface area contributed by atoms with Crippen molar-refractivity contribution in [2.24, 2.45) is 0 Å². The van der Waals surface area contributed by atoms with Crippen molar-refractivity contribution in [3.8, 4) is 5.75 Å². The van der Waals surface area contributed by atoms with Crippen LogP contribution in [0.1, 0.15) is 24.8 Å². The summed E-state index contributed by atoms with van der Waals surface area (Å²) in [5.41, 5.74) is 1.06. The normalized spacial score (nSPS) is 20.3. The maximum atomic E-state index is 13.4. The van der Waals surface area contributed by atoms with Crippen LogP contribution in [0.4, 0.5) is 4.39 Å². The van der Waals surface area contributed by atoms with Crippen molar-refractivity contribution in [3.05, 3.63) is 28.0 Å². The summed E-state index contributed by atoms with van der Waals surface area (Å²) in [6, 6.07) is 3.79. The fraction of sp³-hybridized carbons (Fsp3) is 0.538. The van der Waals surface area contributed by atoms with Crippen LogP contribution in [0.25, 0.3) is 0 Å². The number of benzene rings is 1. The molecule has 2 rings (SSSR count). The van der Waals surface area contributed by atoms with Gasteiger partial charge in [0.05, 0.1) is 11.6 Å². The largest absolute Gasteiger partial charge is 0.495 e. The van der Waals surface area contributed by atoms with Gasteiger partial charge < -0.3 is 10.1 Å². The smallest absolute Gasteiger partial charge is 0.141 e. The predicted molar refractivity (Wildman–Crippen MR) is 70.0 cm³/mol. The van der Waals surface area contributed by atoms with Crippen LogP contribution in [0.15, 0.2) is 16.6 Å². The molecule has 1 aromatic rings. The Hall–Kier alpha value is -0.610. The summed E-state index contributed by atoms with van der Waals surface area (Å²) in [5.74, 6) is 0.347. The third-order valence-corrected chi connectivity index (χ3v) is 3.95. The summed E-state index contributed by atoms with van der Waals surface area (Å²) < 4.78 is 19.1. The van der Waals surface area contributed by atoms with Gasteiger partial charge in [-0.2, -0.15) is 0 Å². The average molecular weight is 302 g/mol. The van der Waals surface area contributed by atoms with Crippen molar-refractivity contribution in [2.75, 3.05) is 13.7 Å². The van der Waals surface area contributed by atoms with Gasteiger partial charge in [0.1, 0.15) is 11.6 Å². The number of hydrogen-bond acceptors (Lipinski definition) is 2. The lowest BCUT2D eigenvalue weighted by Gasteiger charge is -2.24. The summed E-state index contributed by atoms with van der Waals surface area (Å²) in [6.07, 6.45) is 4.59. The lowest BCUT2D eigenvalue weighted by Crippen LogP contribution is -2.35. The van der Waals surface area contributed by atoms with Crippen LogP contribution in [0.3, 0.4) is 0 Å². The molecule has 1 atom stereocenters. The third-order valence-electron chi connectivity index (χ3n) is 3.21. The maximum absolute atomic E-state index is 13.4. The molecule has 1 aromatic carbocycles. The van der Waals surface area contributed by atoms with E-state index in [1.807, 2.05) is 6.07 Å². The first kappa shape index (κ1) is 12.8. The van der Waals surface area contributed by atoms with Gasteiger partial charge in [0, 0.05) is 6.04 Å². The molecule has 1 unspecified atom stereocenters. The highest BCUT2D eigenvalue weighted by atomic mass is 79.9. The van der Waals surface area contributed by atoms with Crippen LogP contribution in [-0.2, 0) is 6.42 Å². The minimum Gasteiger partial charge on any atom is -0.495 e. The first-order chi connectivity index (χ1) is 8.22. The molecule has 1 saturated heterocycles. The van der Waals surface area contributed by atoms with Gasteiger partial charge in [-0.3, -0.25) is 0 Å². The van der Waals surface area contributed by atoms with Gasteiger partial charge in [0.15, 0.2) is 0 Å². The molecule has 0 aromatic heterocycles. The van der Waals surface area contributed by atoms with E-state index >= 15 is 0 Å². The lowest BCUT2D eigenvalue weighted by molar-refractivity contribution is 0.378. The van der Waals surface area contributed by atoms with E-state index in [2.05, 4.69) is 21.2 Å². The second kappa shape index (κ2) is 5.83. The highest BCUT2D eigenvalue weighted by Gasteiger charge is 2.18. The molecule has 17 heavy (non-hydrogen) atoms. The minimum atomic E-state index is -0.276. The molecule has 94 valence electrons. The zero-order valence-electron chi connectivity index (χ0n) is 9.93. The fourth-order valence-electron chi connectivity index (χ4n) is 2.32. The van der Waals surface area contributed by atoms with Crippen molar-refractivity contribution >= 4 is 15.9 Å². The summed E-state index contributed by atoms with van der Waals surface area (Å²) in [4.78, 5) is 0. The quantitative estimate of drug-likeness (QED) is 0.925. The number of piperidine rings is 1. The van der Waals surface area contributed by atoms with Gasteiger partial charge in [-0.25, -0.2) is 4.39 Å². The van der Waals surface area contributed by atoms with Crippen LogP contribution < -0.4 is 10.1 Å². The Balaban J connectivity index is 2.17. The van der Waals surface area contributed by atoms with Gasteiger partial charge in [0.25, 0.3) is 0 Å². The van der Waals surface area contributed by atoms with E-state index in [0.717, 1.165) is 18.5 Å². The van der Waals surface area contributed by atoms with Crippen molar-refractivity contribution in [3.63, 3.8) is 0 Å². The zero-order valence-corrected chi connectivity index (χ0v) is 11.5. The van der Waals surface area contributed by atoms with Crippen LogP contribution in [0, 0.1) is 5.82 Å². The minimum absolute atomic E-state index is 0.276. The van der Waals surface area contributed by atoms with E-state index in [4.69, 9.17) is 4.74 Å². The van der Waals surface area contributed by atoms with Gasteiger partial charge >= 0.3 is 0 Å². The van der Waals surface area contributed by atoms with Gasteiger partial charge in [-0.1, -0.05) is 12.5 Å². The summed E-state index contributed by atoms with van der Waals surface area (Å²) >= 11 is 3.24. The van der Waals surface area contributed by atoms with Crippen molar-refractivity contribution in [1.29, 1.82) is 0 Å². The number of ether oxygens (including phenoxy) is 1. The lowest BCUT2D eigenvalue weighted by atomic mass is 9.97. The summed E-state index contributed by atoms with van der Waals surface area (Å²) in [6.45, 7) is 1.08. The van der Waals surface area contributed by atoms with Crippen LogP contribution in [0.5, 0.6) is 5.75 Å². The molecule has 0 aliphatic carbocycles. The summed E-state index contributed by atoms with van der Waals surface area (Å²) in [7, 11) is 1.58. The average Bonchev–Trinajstić information content (AvgIpc) is 2.36. The van der Waals surface area contributed by atoms with E-state index < -0.39 is 0 Å². The van der Waals surface area contributed by atoms with Crippen molar-refractivity contribution in [2.45, 2.75) is 31.7 Å². The Morgan fingerprint density at radius 3 is 2.94 bits per heavy atom. The molecule has 1 aliphatic rings. The molecule has 1 heterocycles. The molecule has 1 N–H and O–H groups in total. The van der Waals surface area contributed by atoms with E-state index in [0.29, 0.717) is 16.3 Å². The fourth-order valence-corrected chi connectivity index (χ4v) is 2.87. The number of rotatable bonds is 3. The molecular weight excluding hydrogens is 285 g/mol. The first-order valence-corrected chi connectivity index (χ1v) is 6.76. The standard InChI is InChI=1S/C13H17BrFNO/c1-17-13-9(5-6-11(15)12(13)14)8-10-4-2-3-7-16-10/h5-6,10,16H,2-4,7-8H2,1H3. The Morgan fingerprint density at radius 1 is 1.47 bits per heavy atom. The Kier molecular flexibility index (Phi) is 4.40. The van der Waals surface area contributed by atoms with Gasteiger partial charge in [-0.15, -0.1) is 0 Å². The molecule has 1 fully saturated rings. The molecular formula is C13H17BrFNO. The number of hydrogen-bond donors (Lipinski definition) is 1. The van der Waals surface area contributed by atoms with E-state index in [-0.39, 0.29) is 5.82 Å². The van der Waals surface area contributed by atoms with E-state index in [1.165, 1.54) is 25.3 Å². The number of halogens is 2. The summed E-state index contributed by atoms with van der Waals surface area (Å²) in [5, 5.41) is 3.49. The topological polar surface area (TPSA) is 21.3 Å². The van der Waals surface area contributed by atoms with Crippen LogP contribution in [-0.4, -0.2) is 19.7 Å². The van der Waals surface area contributed by atoms with E-state index in [1.54, 1.807) is 7.11 Å². The first-order valence-electron chi connectivity index (χ1n) is 5.96. The highest BCUT2D eigenvalue weighted by molar-refractivity contribution is 9.10. The van der Waals surface area contributed by atoms with Gasteiger partial charge in [0.2, 0.25) is 0 Å². The number of nitrogens with one attached hydrogen (secondary N) is 1. The monoisotopic (exact) mass is 301 g/mol. The molecule has 0 spiro atoms. The molecule has 0 saturated carbocycles. The van der Waals surface area contributed by atoms with Crippen molar-refractivity contribution in [1.82, 2.24) is 5.32 Å². The number of methoxy groups -OCH3 is 1. The molecule has 2 nitrogen and oxygen atoms in total. The molecule has 4 heteroatoms. The highest BCUT2D eigenvalue weighted by Crippen LogP contribution is 2.32. The van der Waals surface area contributed by atoms with E-state index in [9.17, 15) is 4.39 Å². The Labute approximate surface area is 110 Å². The maximum Gasteiger partial charge on any atom is 0.141 e. The second-order valence-electron chi connectivity index (χ2n) is 4.40. The van der Waals surface area contributed by atoms with Crippen molar-refractivity contribution < 1.29 is 9.13 Å². The van der Waals surface area contributed by atoms with Crippen LogP contribution >= 0.6 is 15.9 Å². The van der Waals surface area contributed by atoms with Gasteiger partial charge in [-0.05, 0) is 53.4 Å². The SMILES string of the molecule is COc1c(CC2CCCCN2)ccc(F)c1Br. The molecule has 0 radical (unpaired) electrons. The molecule has 1 aliphatic heterocycles. The zero-order chi connectivity index (χ0) is 12.3.